The maximum atomic E-state index is 13.0. The molecule has 0 unspecified atom stereocenters. The van der Waals surface area contributed by atoms with E-state index in [0.29, 0.717) is 23.4 Å². The Bertz CT molecular complexity index is 984. The molecule has 6 heteroatoms. The van der Waals surface area contributed by atoms with Gasteiger partial charge in [-0.3, -0.25) is 19.3 Å². The predicted octanol–water partition coefficient (Wildman–Crippen LogP) is 3.78. The van der Waals surface area contributed by atoms with Gasteiger partial charge >= 0.3 is 0 Å². The van der Waals surface area contributed by atoms with Crippen molar-refractivity contribution in [1.82, 2.24) is 0 Å². The topological polar surface area (TPSA) is 66.5 Å². The highest BCUT2D eigenvalue weighted by Gasteiger charge is 2.50. The van der Waals surface area contributed by atoms with Crippen LogP contribution in [-0.4, -0.2) is 17.7 Å². The van der Waals surface area contributed by atoms with Crippen LogP contribution in [0.4, 0.5) is 15.8 Å². The third kappa shape index (κ3) is 3.11. The van der Waals surface area contributed by atoms with E-state index >= 15 is 0 Å². The van der Waals surface area contributed by atoms with Crippen molar-refractivity contribution in [2.45, 2.75) is 13.3 Å². The number of hydrogen-bond acceptors (Lipinski definition) is 3. The van der Waals surface area contributed by atoms with Crippen molar-refractivity contribution >= 4 is 29.1 Å². The Balaban J connectivity index is 1.58. The van der Waals surface area contributed by atoms with E-state index in [-0.39, 0.29) is 29.6 Å². The monoisotopic (exact) mass is 378 g/mol. The number of amides is 3. The molecule has 0 radical (unpaired) electrons. The Labute approximate surface area is 161 Å². The fraction of sp³-hybridized carbons (Fsp3) is 0.227. The Morgan fingerprint density at radius 1 is 1.11 bits per heavy atom. The van der Waals surface area contributed by atoms with Crippen molar-refractivity contribution in [3.8, 4) is 0 Å². The molecule has 1 N–H and O–H groups in total. The normalized spacial score (nSPS) is 23.6. The molecule has 28 heavy (non-hydrogen) atoms. The summed E-state index contributed by atoms with van der Waals surface area (Å²) >= 11 is 0. The minimum atomic E-state index is -0.403. The summed E-state index contributed by atoms with van der Waals surface area (Å²) in [4.78, 5) is 39.5. The van der Waals surface area contributed by atoms with Crippen LogP contribution >= 0.6 is 0 Å². The van der Waals surface area contributed by atoms with Crippen LogP contribution in [0.15, 0.2) is 60.7 Å². The van der Waals surface area contributed by atoms with Gasteiger partial charge in [-0.1, -0.05) is 25.1 Å². The number of nitrogens with one attached hydrogen (secondary N) is 1. The van der Waals surface area contributed by atoms with Gasteiger partial charge in [0.2, 0.25) is 11.8 Å². The smallest absolute Gasteiger partial charge is 0.255 e. The lowest BCUT2D eigenvalue weighted by molar-refractivity contribution is -0.122. The largest absolute Gasteiger partial charge is 0.322 e. The first-order valence-electron chi connectivity index (χ1n) is 9.17. The number of rotatable bonds is 3. The van der Waals surface area contributed by atoms with Gasteiger partial charge in [0.05, 0.1) is 17.5 Å². The Kier molecular flexibility index (Phi) is 4.55. The van der Waals surface area contributed by atoms with Gasteiger partial charge in [0.25, 0.3) is 5.91 Å². The second kappa shape index (κ2) is 7.03. The summed E-state index contributed by atoms with van der Waals surface area (Å²) in [7, 11) is 0. The van der Waals surface area contributed by atoms with Crippen molar-refractivity contribution < 1.29 is 18.8 Å². The molecule has 1 saturated heterocycles. The standard InChI is InChI=1S/C22H19FN2O3/c1-13-4-2-7-18-19(13)22(28)25(21(18)27)17-6-3-5-14(12-17)20(26)24-16-10-8-15(23)9-11-16/h2-6,8-13,18-19H,7H2,1H3,(H,24,26)/t13-,18-,19+/m1/s1. The molecule has 5 nitrogen and oxygen atoms in total. The van der Waals surface area contributed by atoms with Gasteiger partial charge in [-0.25, -0.2) is 4.39 Å². The zero-order chi connectivity index (χ0) is 19.8. The zero-order valence-electron chi connectivity index (χ0n) is 15.3. The van der Waals surface area contributed by atoms with E-state index in [1.54, 1.807) is 18.2 Å². The first-order chi connectivity index (χ1) is 13.5. The van der Waals surface area contributed by atoms with Gasteiger partial charge in [-0.15, -0.1) is 0 Å². The molecule has 1 aliphatic carbocycles. The van der Waals surface area contributed by atoms with Crippen LogP contribution in [0.1, 0.15) is 23.7 Å². The summed E-state index contributed by atoms with van der Waals surface area (Å²) < 4.78 is 13.0. The SMILES string of the molecule is C[C@@H]1C=CC[C@H]2C(=O)N(c3cccc(C(=O)Nc4ccc(F)cc4)c3)C(=O)[C@@H]12. The molecule has 3 amide bonds. The van der Waals surface area contributed by atoms with Crippen LogP contribution in [0.3, 0.4) is 0 Å². The number of imide groups is 1. The van der Waals surface area contributed by atoms with Gasteiger partial charge in [0.15, 0.2) is 0 Å². The highest BCUT2D eigenvalue weighted by Crippen LogP contribution is 2.40. The lowest BCUT2D eigenvalue weighted by atomic mass is 9.78. The second-order valence-electron chi connectivity index (χ2n) is 7.18. The second-order valence-corrected chi connectivity index (χ2v) is 7.18. The average Bonchev–Trinajstić information content (AvgIpc) is 2.95. The number of fused-ring (bicyclic) bond motifs is 1. The van der Waals surface area contributed by atoms with Gasteiger partial charge in [0, 0.05) is 11.3 Å². The lowest BCUT2D eigenvalue weighted by Gasteiger charge is -2.22. The van der Waals surface area contributed by atoms with Gasteiger partial charge < -0.3 is 5.32 Å². The van der Waals surface area contributed by atoms with E-state index in [0.717, 1.165) is 0 Å². The van der Waals surface area contributed by atoms with Crippen LogP contribution in [0.2, 0.25) is 0 Å². The number of carbonyl (C=O) groups excluding carboxylic acids is 3. The number of benzene rings is 2. The molecule has 1 fully saturated rings. The Morgan fingerprint density at radius 3 is 2.57 bits per heavy atom. The molecule has 0 bridgehead atoms. The summed E-state index contributed by atoms with van der Waals surface area (Å²) in [6.45, 7) is 1.94. The van der Waals surface area contributed by atoms with Gasteiger partial charge in [0.1, 0.15) is 5.82 Å². The molecular formula is C22H19FN2O3. The molecule has 3 atom stereocenters. The van der Waals surface area contributed by atoms with Crippen molar-refractivity contribution in [2.24, 2.45) is 17.8 Å². The molecule has 1 aliphatic heterocycles. The number of halogens is 1. The number of carbonyl (C=O) groups is 3. The van der Waals surface area contributed by atoms with Gasteiger partial charge in [-0.05, 0) is 54.8 Å². The first kappa shape index (κ1) is 18.1. The van der Waals surface area contributed by atoms with Crippen LogP contribution in [0.5, 0.6) is 0 Å². The summed E-state index contributed by atoms with van der Waals surface area (Å²) in [5.74, 6) is -1.93. The van der Waals surface area contributed by atoms with Crippen LogP contribution < -0.4 is 10.2 Å². The molecular weight excluding hydrogens is 359 g/mol. The summed E-state index contributed by atoms with van der Waals surface area (Å²) in [5.41, 5.74) is 1.16. The maximum Gasteiger partial charge on any atom is 0.255 e. The number of hydrogen-bond donors (Lipinski definition) is 1. The van der Waals surface area contributed by atoms with Crippen molar-refractivity contribution in [1.29, 1.82) is 0 Å². The maximum absolute atomic E-state index is 13.0. The Morgan fingerprint density at radius 2 is 1.86 bits per heavy atom. The van der Waals surface area contributed by atoms with Crippen molar-refractivity contribution in [3.05, 3.63) is 72.1 Å². The fourth-order valence-electron chi connectivity index (χ4n) is 3.92. The van der Waals surface area contributed by atoms with Crippen molar-refractivity contribution in [2.75, 3.05) is 10.2 Å². The van der Waals surface area contributed by atoms with E-state index in [1.807, 2.05) is 19.1 Å². The van der Waals surface area contributed by atoms with E-state index in [4.69, 9.17) is 0 Å². The summed E-state index contributed by atoms with van der Waals surface area (Å²) in [6, 6.07) is 11.9. The zero-order valence-corrected chi connectivity index (χ0v) is 15.3. The third-order valence-corrected chi connectivity index (χ3v) is 5.34. The quantitative estimate of drug-likeness (QED) is 0.653. The van der Waals surface area contributed by atoms with Gasteiger partial charge in [-0.2, -0.15) is 0 Å². The number of anilines is 2. The van der Waals surface area contributed by atoms with Crippen LogP contribution in [0, 0.1) is 23.6 Å². The molecule has 142 valence electrons. The van der Waals surface area contributed by atoms with E-state index in [1.165, 1.54) is 35.2 Å². The van der Waals surface area contributed by atoms with E-state index in [9.17, 15) is 18.8 Å². The minimum Gasteiger partial charge on any atom is -0.322 e. The highest BCUT2D eigenvalue weighted by molar-refractivity contribution is 6.22. The third-order valence-electron chi connectivity index (χ3n) is 5.34. The molecule has 1 heterocycles. The van der Waals surface area contributed by atoms with Crippen LogP contribution in [-0.2, 0) is 9.59 Å². The number of nitrogens with zero attached hydrogens (tertiary/aromatic N) is 1. The molecule has 2 aromatic carbocycles. The average molecular weight is 378 g/mol. The van der Waals surface area contributed by atoms with Crippen molar-refractivity contribution in [3.63, 3.8) is 0 Å². The molecule has 2 aromatic rings. The minimum absolute atomic E-state index is 0.00478. The molecule has 0 saturated carbocycles. The molecule has 2 aliphatic rings. The summed E-state index contributed by atoms with van der Waals surface area (Å²) in [5, 5.41) is 2.68. The predicted molar refractivity (Wildman–Crippen MR) is 103 cm³/mol. The molecule has 0 aromatic heterocycles. The summed E-state index contributed by atoms with van der Waals surface area (Å²) in [6.07, 6.45) is 4.48. The van der Waals surface area contributed by atoms with E-state index in [2.05, 4.69) is 5.32 Å². The fourth-order valence-corrected chi connectivity index (χ4v) is 3.92. The van der Waals surface area contributed by atoms with E-state index < -0.39 is 11.7 Å². The first-order valence-corrected chi connectivity index (χ1v) is 9.17. The highest BCUT2D eigenvalue weighted by atomic mass is 19.1. The molecule has 0 spiro atoms. The number of allylic oxidation sites excluding steroid dienone is 2. The Hall–Kier alpha value is -3.28. The lowest BCUT2D eigenvalue weighted by Crippen LogP contribution is -2.31. The molecule has 4 rings (SSSR count). The van der Waals surface area contributed by atoms with Crippen LogP contribution in [0.25, 0.3) is 0 Å².